The number of amides is 2. The van der Waals surface area contributed by atoms with Crippen LogP contribution in [-0.4, -0.2) is 46.6 Å². The molecule has 3 aromatic rings. The fourth-order valence-electron chi connectivity index (χ4n) is 4.15. The molecule has 1 fully saturated rings. The highest BCUT2D eigenvalue weighted by molar-refractivity contribution is 6.05. The summed E-state index contributed by atoms with van der Waals surface area (Å²) < 4.78 is 6.90. The number of hydrogen-bond acceptors (Lipinski definition) is 5. The zero-order chi connectivity index (χ0) is 22.3. The number of carbonyl (C=O) groups is 2. The molecular formula is C24H28N4O4. The first-order chi connectivity index (χ1) is 15.7. The maximum atomic E-state index is 12.9. The largest absolute Gasteiger partial charge is 0.381 e. The molecule has 1 unspecified atom stereocenters. The lowest BCUT2D eigenvalue weighted by molar-refractivity contribution is -0.132. The molecule has 2 amide bonds. The maximum absolute atomic E-state index is 12.9. The van der Waals surface area contributed by atoms with Crippen molar-refractivity contribution in [2.75, 3.05) is 19.8 Å². The maximum Gasteiger partial charge on any atom is 0.268 e. The van der Waals surface area contributed by atoms with E-state index < -0.39 is 11.9 Å². The van der Waals surface area contributed by atoms with Crippen molar-refractivity contribution in [3.63, 3.8) is 0 Å². The number of fused-ring (bicyclic) bond motifs is 1. The molecule has 2 aromatic carbocycles. The Bertz CT molecular complexity index is 1060. The van der Waals surface area contributed by atoms with Gasteiger partial charge in [-0.2, -0.15) is 5.10 Å². The Hall–Kier alpha value is -3.23. The summed E-state index contributed by atoms with van der Waals surface area (Å²) in [6.45, 7) is 2.19. The standard InChI is InChI=1S/C24H28N4O4/c29-23(25-12-9-17-10-13-32-14-11-17)20-8-4-7-19-16-28(26-22(19)20)21(24(30)27-31)15-18-5-2-1-3-6-18/h1-8,16-17,21,31H,9-15H2,(H,25,29)(H,27,30). The number of nitrogens with zero attached hydrogens (tertiary/aromatic N) is 2. The number of ether oxygens (including phenoxy) is 1. The first-order valence-electron chi connectivity index (χ1n) is 11.0. The van der Waals surface area contributed by atoms with Crippen LogP contribution >= 0.6 is 0 Å². The Balaban J connectivity index is 1.52. The van der Waals surface area contributed by atoms with Crippen molar-refractivity contribution in [1.29, 1.82) is 0 Å². The highest BCUT2D eigenvalue weighted by Gasteiger charge is 2.23. The smallest absolute Gasteiger partial charge is 0.268 e. The van der Waals surface area contributed by atoms with Crippen LogP contribution in [0.25, 0.3) is 10.9 Å². The molecule has 1 aromatic heterocycles. The van der Waals surface area contributed by atoms with E-state index in [0.29, 0.717) is 30.0 Å². The Morgan fingerprint density at radius 2 is 1.91 bits per heavy atom. The summed E-state index contributed by atoms with van der Waals surface area (Å²) in [5.41, 5.74) is 3.67. The van der Waals surface area contributed by atoms with Gasteiger partial charge in [-0.05, 0) is 36.8 Å². The molecule has 1 saturated heterocycles. The number of nitrogens with one attached hydrogen (secondary N) is 2. The number of benzene rings is 2. The van der Waals surface area contributed by atoms with Gasteiger partial charge in [-0.15, -0.1) is 0 Å². The molecule has 0 spiro atoms. The fraction of sp³-hybridized carbons (Fsp3) is 0.375. The van der Waals surface area contributed by atoms with E-state index in [-0.39, 0.29) is 5.91 Å². The molecule has 0 saturated carbocycles. The summed E-state index contributed by atoms with van der Waals surface area (Å²) in [5, 5.41) is 17.6. The molecule has 0 radical (unpaired) electrons. The second-order valence-electron chi connectivity index (χ2n) is 8.13. The zero-order valence-electron chi connectivity index (χ0n) is 17.9. The predicted octanol–water partition coefficient (Wildman–Crippen LogP) is 2.87. The normalized spacial score (nSPS) is 15.4. The molecule has 0 aliphatic carbocycles. The molecular weight excluding hydrogens is 408 g/mol. The number of aromatic nitrogens is 2. The van der Waals surface area contributed by atoms with E-state index in [4.69, 9.17) is 4.74 Å². The number of carbonyl (C=O) groups excluding carboxylic acids is 2. The van der Waals surface area contributed by atoms with E-state index in [9.17, 15) is 14.8 Å². The second-order valence-corrected chi connectivity index (χ2v) is 8.13. The van der Waals surface area contributed by atoms with Gasteiger partial charge in [0, 0.05) is 37.8 Å². The quantitative estimate of drug-likeness (QED) is 0.372. The molecule has 8 heteroatoms. The first kappa shape index (κ1) is 22.0. The molecule has 4 rings (SSSR count). The molecule has 2 heterocycles. The highest BCUT2D eigenvalue weighted by Crippen LogP contribution is 2.22. The second kappa shape index (κ2) is 10.4. The Morgan fingerprint density at radius 3 is 2.66 bits per heavy atom. The lowest BCUT2D eigenvalue weighted by Gasteiger charge is -2.21. The molecule has 3 N–H and O–H groups in total. The van der Waals surface area contributed by atoms with Crippen molar-refractivity contribution in [2.45, 2.75) is 31.7 Å². The van der Waals surface area contributed by atoms with Gasteiger partial charge >= 0.3 is 0 Å². The van der Waals surface area contributed by atoms with Crippen LogP contribution in [0.15, 0.2) is 54.7 Å². The van der Waals surface area contributed by atoms with Crippen LogP contribution in [0.4, 0.5) is 0 Å². The Morgan fingerprint density at radius 1 is 1.12 bits per heavy atom. The minimum atomic E-state index is -0.751. The van der Waals surface area contributed by atoms with Crippen LogP contribution in [0.1, 0.15) is 41.2 Å². The van der Waals surface area contributed by atoms with Gasteiger partial charge in [-0.25, -0.2) is 5.48 Å². The van der Waals surface area contributed by atoms with Crippen molar-refractivity contribution < 1.29 is 19.5 Å². The topological polar surface area (TPSA) is 105 Å². The minimum Gasteiger partial charge on any atom is -0.381 e. The predicted molar refractivity (Wildman–Crippen MR) is 119 cm³/mol. The van der Waals surface area contributed by atoms with Gasteiger partial charge in [0.25, 0.3) is 11.8 Å². The van der Waals surface area contributed by atoms with Crippen LogP contribution in [0, 0.1) is 5.92 Å². The van der Waals surface area contributed by atoms with Gasteiger partial charge in [-0.1, -0.05) is 42.5 Å². The van der Waals surface area contributed by atoms with E-state index in [1.165, 1.54) is 4.68 Å². The molecule has 1 aliphatic rings. The summed E-state index contributed by atoms with van der Waals surface area (Å²) in [7, 11) is 0. The SMILES string of the molecule is O=C(NCCC1CCOCC1)c1cccc2cn(C(Cc3ccccc3)C(=O)NO)nc12. The van der Waals surface area contributed by atoms with Gasteiger partial charge < -0.3 is 10.1 Å². The number of hydroxylamine groups is 1. The van der Waals surface area contributed by atoms with E-state index in [2.05, 4.69) is 10.4 Å². The lowest BCUT2D eigenvalue weighted by atomic mass is 9.96. The van der Waals surface area contributed by atoms with Crippen molar-refractivity contribution in [3.05, 3.63) is 65.9 Å². The molecule has 32 heavy (non-hydrogen) atoms. The third-order valence-electron chi connectivity index (χ3n) is 5.98. The molecule has 0 bridgehead atoms. The molecule has 1 aliphatic heterocycles. The van der Waals surface area contributed by atoms with Gasteiger partial charge in [-0.3, -0.25) is 19.5 Å². The zero-order valence-corrected chi connectivity index (χ0v) is 17.9. The summed E-state index contributed by atoms with van der Waals surface area (Å²) in [4.78, 5) is 25.3. The van der Waals surface area contributed by atoms with Crippen LogP contribution in [-0.2, 0) is 16.0 Å². The number of rotatable bonds is 8. The van der Waals surface area contributed by atoms with Crippen LogP contribution in [0.5, 0.6) is 0 Å². The third-order valence-corrected chi connectivity index (χ3v) is 5.98. The van der Waals surface area contributed by atoms with Gasteiger partial charge in [0.1, 0.15) is 11.6 Å². The first-order valence-corrected chi connectivity index (χ1v) is 11.0. The van der Waals surface area contributed by atoms with E-state index in [0.717, 1.165) is 43.4 Å². The van der Waals surface area contributed by atoms with E-state index in [1.54, 1.807) is 23.8 Å². The summed E-state index contributed by atoms with van der Waals surface area (Å²) in [6.07, 6.45) is 5.08. The van der Waals surface area contributed by atoms with Crippen LogP contribution in [0.2, 0.25) is 0 Å². The van der Waals surface area contributed by atoms with E-state index >= 15 is 0 Å². The third kappa shape index (κ3) is 5.15. The van der Waals surface area contributed by atoms with Crippen molar-refractivity contribution in [3.8, 4) is 0 Å². The average molecular weight is 437 g/mol. The molecule has 168 valence electrons. The Labute approximate surface area is 186 Å². The Kier molecular flexibility index (Phi) is 7.14. The summed E-state index contributed by atoms with van der Waals surface area (Å²) in [5.74, 6) is -0.168. The monoisotopic (exact) mass is 436 g/mol. The van der Waals surface area contributed by atoms with Crippen molar-refractivity contribution in [1.82, 2.24) is 20.6 Å². The number of hydrogen-bond donors (Lipinski definition) is 3. The van der Waals surface area contributed by atoms with E-state index in [1.807, 2.05) is 36.4 Å². The average Bonchev–Trinajstić information content (AvgIpc) is 3.27. The van der Waals surface area contributed by atoms with Gasteiger partial charge in [0.05, 0.1) is 5.56 Å². The molecule has 8 nitrogen and oxygen atoms in total. The molecule has 1 atom stereocenters. The lowest BCUT2D eigenvalue weighted by Crippen LogP contribution is -2.32. The van der Waals surface area contributed by atoms with Gasteiger partial charge in [0.2, 0.25) is 0 Å². The van der Waals surface area contributed by atoms with Crippen LogP contribution < -0.4 is 10.8 Å². The fourth-order valence-corrected chi connectivity index (χ4v) is 4.15. The minimum absolute atomic E-state index is 0.181. The highest BCUT2D eigenvalue weighted by atomic mass is 16.5. The van der Waals surface area contributed by atoms with Gasteiger partial charge in [0.15, 0.2) is 0 Å². The summed E-state index contributed by atoms with van der Waals surface area (Å²) >= 11 is 0. The summed E-state index contributed by atoms with van der Waals surface area (Å²) in [6, 6.07) is 14.2. The van der Waals surface area contributed by atoms with Crippen molar-refractivity contribution in [2.24, 2.45) is 5.92 Å². The van der Waals surface area contributed by atoms with Crippen molar-refractivity contribution >= 4 is 22.7 Å². The van der Waals surface area contributed by atoms with Crippen LogP contribution in [0.3, 0.4) is 0 Å².